The third-order valence-electron chi connectivity index (χ3n) is 4.45. The number of aliphatic hydroxyl groups excluding tert-OH is 1. The van der Waals surface area contributed by atoms with Crippen LogP contribution in [0.2, 0.25) is 0 Å². The van der Waals surface area contributed by atoms with E-state index in [1.165, 1.54) is 0 Å². The van der Waals surface area contributed by atoms with E-state index in [9.17, 15) is 27.1 Å². The average Bonchev–Trinajstić information content (AvgIpc) is 2.51. The van der Waals surface area contributed by atoms with Crippen LogP contribution < -0.4 is 0 Å². The minimum Gasteiger partial charge on any atom is -0.388 e. The van der Waals surface area contributed by atoms with Crippen LogP contribution in [-0.4, -0.2) is 5.11 Å². The largest absolute Gasteiger partial charge is 0.388 e. The van der Waals surface area contributed by atoms with E-state index in [0.717, 1.165) is 19.3 Å². The molecular formula is C15H17F5O. The lowest BCUT2D eigenvalue weighted by Gasteiger charge is -2.31. The molecule has 0 bridgehead atoms. The number of rotatable bonds is 3. The number of benzene rings is 1. The highest BCUT2D eigenvalue weighted by molar-refractivity contribution is 5.26. The molecule has 1 N–H and O–H groups in total. The van der Waals surface area contributed by atoms with Crippen molar-refractivity contribution in [1.82, 2.24) is 0 Å². The molecule has 1 aromatic carbocycles. The van der Waals surface area contributed by atoms with Crippen LogP contribution in [0.1, 0.15) is 50.7 Å². The predicted octanol–water partition coefficient (Wildman–Crippen LogP) is 4.63. The molecular weight excluding hydrogens is 291 g/mol. The minimum atomic E-state index is -2.20. The molecule has 0 heterocycles. The Kier molecular flexibility index (Phi) is 4.86. The summed E-state index contributed by atoms with van der Waals surface area (Å²) in [7, 11) is 0. The quantitative estimate of drug-likeness (QED) is 0.490. The Labute approximate surface area is 119 Å². The molecule has 1 unspecified atom stereocenters. The number of hydrogen-bond acceptors (Lipinski definition) is 1. The second kappa shape index (κ2) is 6.30. The van der Waals surface area contributed by atoms with Crippen LogP contribution in [-0.2, 0) is 0 Å². The first-order valence-corrected chi connectivity index (χ1v) is 7.07. The van der Waals surface area contributed by atoms with E-state index >= 15 is 0 Å². The van der Waals surface area contributed by atoms with Gasteiger partial charge in [0.15, 0.2) is 23.3 Å². The molecule has 6 heteroatoms. The number of halogens is 5. The van der Waals surface area contributed by atoms with Crippen molar-refractivity contribution < 1.29 is 27.1 Å². The normalized spacial score (nSPS) is 24.1. The summed E-state index contributed by atoms with van der Waals surface area (Å²) in [5, 5.41) is 10.1. The summed E-state index contributed by atoms with van der Waals surface area (Å²) in [6.45, 7) is 2.03. The maximum atomic E-state index is 13.7. The van der Waals surface area contributed by atoms with Crippen molar-refractivity contribution in [3.8, 4) is 0 Å². The van der Waals surface area contributed by atoms with Gasteiger partial charge in [-0.2, -0.15) is 0 Å². The third kappa shape index (κ3) is 2.91. The zero-order valence-electron chi connectivity index (χ0n) is 11.6. The Morgan fingerprint density at radius 2 is 1.29 bits per heavy atom. The van der Waals surface area contributed by atoms with Gasteiger partial charge in [0, 0.05) is 0 Å². The summed E-state index contributed by atoms with van der Waals surface area (Å²) in [5.41, 5.74) is -1.11. The van der Waals surface area contributed by atoms with Gasteiger partial charge in [-0.05, 0) is 24.7 Å². The van der Waals surface area contributed by atoms with E-state index in [1.807, 2.05) is 6.92 Å². The molecule has 0 amide bonds. The van der Waals surface area contributed by atoms with Crippen molar-refractivity contribution in [3.63, 3.8) is 0 Å². The van der Waals surface area contributed by atoms with Gasteiger partial charge in [0.25, 0.3) is 0 Å². The molecule has 0 spiro atoms. The van der Waals surface area contributed by atoms with Crippen LogP contribution in [0.4, 0.5) is 22.0 Å². The monoisotopic (exact) mass is 308 g/mol. The Morgan fingerprint density at radius 1 is 0.857 bits per heavy atom. The third-order valence-corrected chi connectivity index (χ3v) is 4.45. The molecule has 1 atom stereocenters. The van der Waals surface area contributed by atoms with Crippen molar-refractivity contribution in [2.75, 3.05) is 0 Å². The zero-order chi connectivity index (χ0) is 15.7. The fraction of sp³-hybridized carbons (Fsp3) is 0.600. The second-order valence-corrected chi connectivity index (χ2v) is 5.62. The summed E-state index contributed by atoms with van der Waals surface area (Å²) in [5.74, 6) is -10.1. The van der Waals surface area contributed by atoms with E-state index in [-0.39, 0.29) is 0 Å². The number of aliphatic hydroxyl groups is 1. The van der Waals surface area contributed by atoms with Crippen molar-refractivity contribution >= 4 is 0 Å². The van der Waals surface area contributed by atoms with Crippen LogP contribution in [0.3, 0.4) is 0 Å². The maximum absolute atomic E-state index is 13.7. The van der Waals surface area contributed by atoms with Crippen LogP contribution >= 0.6 is 0 Å². The molecule has 1 aliphatic rings. The van der Waals surface area contributed by atoms with E-state index in [0.29, 0.717) is 18.8 Å². The molecule has 0 aliphatic heterocycles. The topological polar surface area (TPSA) is 20.2 Å². The van der Waals surface area contributed by atoms with Crippen molar-refractivity contribution in [3.05, 3.63) is 34.6 Å². The Hall–Kier alpha value is -1.17. The minimum absolute atomic E-state index is 0.485. The lowest BCUT2D eigenvalue weighted by Crippen LogP contribution is -2.23. The molecule has 1 aromatic rings. The molecule has 1 fully saturated rings. The Balaban J connectivity index is 2.30. The molecule has 0 saturated heterocycles. The van der Waals surface area contributed by atoms with Gasteiger partial charge in [-0.15, -0.1) is 0 Å². The average molecular weight is 308 g/mol. The highest BCUT2D eigenvalue weighted by atomic mass is 19.2. The lowest BCUT2D eigenvalue weighted by molar-refractivity contribution is 0.0651. The van der Waals surface area contributed by atoms with Gasteiger partial charge in [-0.25, -0.2) is 22.0 Å². The van der Waals surface area contributed by atoms with E-state index in [1.54, 1.807) is 0 Å². The number of hydrogen-bond donors (Lipinski definition) is 1. The van der Waals surface area contributed by atoms with E-state index < -0.39 is 46.7 Å². The zero-order valence-corrected chi connectivity index (χ0v) is 11.6. The van der Waals surface area contributed by atoms with Gasteiger partial charge in [-0.3, -0.25) is 0 Å². The molecule has 0 aromatic heterocycles. The first-order valence-electron chi connectivity index (χ1n) is 7.07. The molecule has 2 rings (SSSR count). The summed E-state index contributed by atoms with van der Waals surface area (Å²) in [6, 6.07) is 0. The summed E-state index contributed by atoms with van der Waals surface area (Å²) in [6.07, 6.45) is 1.90. The van der Waals surface area contributed by atoms with Crippen LogP contribution in [0.15, 0.2) is 0 Å². The highest BCUT2D eigenvalue weighted by Gasteiger charge is 2.34. The van der Waals surface area contributed by atoms with Crippen LogP contribution in [0.5, 0.6) is 0 Å². The summed E-state index contributed by atoms with van der Waals surface area (Å²) in [4.78, 5) is 0. The maximum Gasteiger partial charge on any atom is 0.200 e. The molecule has 1 saturated carbocycles. The second-order valence-electron chi connectivity index (χ2n) is 5.62. The van der Waals surface area contributed by atoms with Gasteiger partial charge in [0.05, 0.1) is 11.7 Å². The molecule has 1 nitrogen and oxygen atoms in total. The predicted molar refractivity (Wildman–Crippen MR) is 66.9 cm³/mol. The highest BCUT2D eigenvalue weighted by Crippen LogP contribution is 2.40. The Bertz CT molecular complexity index is 494. The van der Waals surface area contributed by atoms with Gasteiger partial charge in [0.1, 0.15) is 0 Å². The molecule has 0 radical (unpaired) electrons. The van der Waals surface area contributed by atoms with E-state index in [4.69, 9.17) is 0 Å². The summed E-state index contributed by atoms with van der Waals surface area (Å²) >= 11 is 0. The first-order chi connectivity index (χ1) is 9.88. The lowest BCUT2D eigenvalue weighted by atomic mass is 9.77. The molecule has 21 heavy (non-hydrogen) atoms. The fourth-order valence-corrected chi connectivity index (χ4v) is 3.03. The van der Waals surface area contributed by atoms with Crippen molar-refractivity contribution in [1.29, 1.82) is 0 Å². The fourth-order valence-electron chi connectivity index (χ4n) is 3.03. The van der Waals surface area contributed by atoms with Crippen LogP contribution in [0.25, 0.3) is 0 Å². The van der Waals surface area contributed by atoms with Gasteiger partial charge in [0.2, 0.25) is 5.82 Å². The standard InChI is InChI=1S/C15H17F5O/c1-2-7-3-5-8(6-4-7)15(21)9-10(16)12(18)14(20)13(19)11(9)17/h7-8,15,21H,2-6H2,1H3. The summed E-state index contributed by atoms with van der Waals surface area (Å²) < 4.78 is 66.7. The van der Waals surface area contributed by atoms with Crippen LogP contribution in [0, 0.1) is 40.9 Å². The van der Waals surface area contributed by atoms with Gasteiger partial charge in [-0.1, -0.05) is 26.2 Å². The van der Waals surface area contributed by atoms with Gasteiger partial charge < -0.3 is 5.11 Å². The Morgan fingerprint density at radius 3 is 1.71 bits per heavy atom. The van der Waals surface area contributed by atoms with E-state index in [2.05, 4.69) is 0 Å². The SMILES string of the molecule is CCC1CCC(C(O)c2c(F)c(F)c(F)c(F)c2F)CC1. The first kappa shape index (κ1) is 16.2. The molecule has 1 aliphatic carbocycles. The van der Waals surface area contributed by atoms with Crippen molar-refractivity contribution in [2.45, 2.75) is 45.1 Å². The van der Waals surface area contributed by atoms with Crippen molar-refractivity contribution in [2.24, 2.45) is 11.8 Å². The smallest absolute Gasteiger partial charge is 0.200 e. The molecule has 118 valence electrons. The van der Waals surface area contributed by atoms with Gasteiger partial charge >= 0.3 is 0 Å².